The van der Waals surface area contributed by atoms with Crippen LogP contribution in [0, 0.1) is 17.6 Å². The van der Waals surface area contributed by atoms with E-state index in [9.17, 15) is 14.7 Å². The Bertz CT molecular complexity index is 1050. The Kier molecular flexibility index (Phi) is 6.24. The second kappa shape index (κ2) is 8.39. The minimum atomic E-state index is -1.44. The number of fused-ring (bicyclic) bond motifs is 1. The molecule has 30 heavy (non-hydrogen) atoms. The molecule has 1 aromatic carbocycles. The van der Waals surface area contributed by atoms with Gasteiger partial charge in [-0.25, -0.2) is 13.6 Å². The number of pyridine rings is 1. The average Bonchev–Trinajstić information content (AvgIpc) is 3.43. The van der Waals surface area contributed by atoms with Gasteiger partial charge in [0.05, 0.1) is 16.6 Å². The fourth-order valence-corrected chi connectivity index (χ4v) is 4.17. The number of rotatable bonds is 6. The minimum absolute atomic E-state index is 0. The summed E-state index contributed by atoms with van der Waals surface area (Å²) in [6.45, 7) is 4.54. The van der Waals surface area contributed by atoms with E-state index in [1.54, 1.807) is 4.90 Å². The molecule has 1 atom stereocenters. The maximum Gasteiger partial charge on any atom is 0.341 e. The van der Waals surface area contributed by atoms with E-state index in [0.29, 0.717) is 13.1 Å². The van der Waals surface area contributed by atoms with Crippen LogP contribution in [0.5, 0.6) is 0 Å². The van der Waals surface area contributed by atoms with Crippen molar-refractivity contribution in [1.82, 2.24) is 9.88 Å². The van der Waals surface area contributed by atoms with Gasteiger partial charge < -0.3 is 25.6 Å². The number of carboxylic acids is 1. The summed E-state index contributed by atoms with van der Waals surface area (Å²) in [5.74, 6) is -3.04. The standard InChI is InChI=1S/C20H24F2N4O3.ClH/c1-2-24-7-10-5-6-25(8-10)18-14(21)16(23)13-17(15(18)22)26(11-3-4-11)9-12(19(13)27)20(28)29;/h9-11,24H,2-8,23H2,1H3,(H,28,29);1H. The molecule has 164 valence electrons. The van der Waals surface area contributed by atoms with Crippen LogP contribution in [0.4, 0.5) is 20.2 Å². The number of aromatic nitrogens is 1. The van der Waals surface area contributed by atoms with E-state index >= 15 is 8.78 Å². The van der Waals surface area contributed by atoms with Crippen molar-refractivity contribution in [2.45, 2.75) is 32.2 Å². The van der Waals surface area contributed by atoms with Gasteiger partial charge in [-0.2, -0.15) is 0 Å². The maximum atomic E-state index is 15.6. The SMILES string of the molecule is CCNCC1CCN(c2c(F)c(N)c3c(=O)c(C(=O)O)cn(C4CC4)c3c2F)C1.Cl. The first-order valence-corrected chi connectivity index (χ1v) is 9.89. The third-order valence-electron chi connectivity index (χ3n) is 5.82. The molecule has 1 aromatic heterocycles. The van der Waals surface area contributed by atoms with E-state index in [-0.39, 0.29) is 41.0 Å². The lowest BCUT2D eigenvalue weighted by atomic mass is 10.1. The van der Waals surface area contributed by atoms with Crippen molar-refractivity contribution in [3.63, 3.8) is 0 Å². The zero-order valence-electron chi connectivity index (χ0n) is 16.6. The van der Waals surface area contributed by atoms with Crippen molar-refractivity contribution in [2.75, 3.05) is 36.8 Å². The van der Waals surface area contributed by atoms with Gasteiger partial charge in [0.25, 0.3) is 0 Å². The summed E-state index contributed by atoms with van der Waals surface area (Å²) in [4.78, 5) is 25.8. The lowest BCUT2D eigenvalue weighted by molar-refractivity contribution is 0.0695. The predicted octanol–water partition coefficient (Wildman–Crippen LogP) is 2.75. The lowest BCUT2D eigenvalue weighted by Gasteiger charge is -2.24. The van der Waals surface area contributed by atoms with Crippen LogP contribution in [0.3, 0.4) is 0 Å². The first kappa shape index (κ1) is 22.3. The van der Waals surface area contributed by atoms with Crippen molar-refractivity contribution in [3.8, 4) is 0 Å². The van der Waals surface area contributed by atoms with Crippen molar-refractivity contribution in [2.24, 2.45) is 5.92 Å². The van der Waals surface area contributed by atoms with Gasteiger partial charge in [-0.15, -0.1) is 12.4 Å². The third-order valence-corrected chi connectivity index (χ3v) is 5.82. The van der Waals surface area contributed by atoms with Crippen molar-refractivity contribution < 1.29 is 18.7 Å². The van der Waals surface area contributed by atoms with E-state index in [1.165, 1.54) is 4.57 Å². The number of hydrogen-bond acceptors (Lipinski definition) is 5. The Labute approximate surface area is 178 Å². The molecular weight excluding hydrogens is 418 g/mol. The van der Waals surface area contributed by atoms with Gasteiger partial charge in [0.2, 0.25) is 5.43 Å². The molecular formula is C20H25ClF2N4O3. The van der Waals surface area contributed by atoms with Crippen LogP contribution in [-0.2, 0) is 0 Å². The summed E-state index contributed by atoms with van der Waals surface area (Å²) in [6.07, 6.45) is 3.42. The summed E-state index contributed by atoms with van der Waals surface area (Å²) in [6, 6.07) is -0.122. The molecule has 0 spiro atoms. The Morgan fingerprint density at radius 1 is 1.30 bits per heavy atom. The first-order chi connectivity index (χ1) is 13.8. The molecule has 1 saturated heterocycles. The van der Waals surface area contributed by atoms with Crippen LogP contribution in [-0.4, -0.2) is 41.8 Å². The molecule has 2 aromatic rings. The van der Waals surface area contributed by atoms with Gasteiger partial charge >= 0.3 is 5.97 Å². The number of carboxylic acid groups (broad SMARTS) is 1. The van der Waals surface area contributed by atoms with E-state index in [1.807, 2.05) is 6.92 Å². The molecule has 1 aliphatic heterocycles. The smallest absolute Gasteiger partial charge is 0.341 e. The molecule has 0 amide bonds. The molecule has 2 fully saturated rings. The molecule has 1 aliphatic carbocycles. The second-order valence-electron chi connectivity index (χ2n) is 7.84. The zero-order chi connectivity index (χ0) is 20.9. The highest BCUT2D eigenvalue weighted by Gasteiger charge is 2.34. The lowest BCUT2D eigenvalue weighted by Crippen LogP contribution is -2.28. The number of hydrogen-bond donors (Lipinski definition) is 3. The number of benzene rings is 1. The molecule has 2 heterocycles. The van der Waals surface area contributed by atoms with Crippen LogP contribution in [0.2, 0.25) is 0 Å². The molecule has 2 aliphatic rings. The number of aromatic carboxylic acids is 1. The number of nitrogens with zero attached hydrogens (tertiary/aromatic N) is 2. The van der Waals surface area contributed by atoms with Crippen LogP contribution in [0.1, 0.15) is 42.6 Å². The molecule has 0 bridgehead atoms. The fraction of sp³-hybridized carbons (Fsp3) is 0.500. The number of halogens is 3. The Hall–Kier alpha value is -2.39. The fourth-order valence-electron chi connectivity index (χ4n) is 4.17. The summed E-state index contributed by atoms with van der Waals surface area (Å²) in [7, 11) is 0. The summed E-state index contributed by atoms with van der Waals surface area (Å²) in [5.41, 5.74) is 3.62. The monoisotopic (exact) mass is 442 g/mol. The maximum absolute atomic E-state index is 15.6. The highest BCUT2D eigenvalue weighted by Crippen LogP contribution is 2.42. The first-order valence-electron chi connectivity index (χ1n) is 9.89. The Balaban J connectivity index is 0.00000256. The molecule has 4 rings (SSSR count). The normalized spacial score (nSPS) is 18.6. The quantitative estimate of drug-likeness (QED) is 0.595. The summed E-state index contributed by atoms with van der Waals surface area (Å²) < 4.78 is 32.3. The number of nitrogens with two attached hydrogens (primary N) is 1. The van der Waals surface area contributed by atoms with Gasteiger partial charge in [0.15, 0.2) is 11.6 Å². The van der Waals surface area contributed by atoms with Crippen molar-refractivity contribution >= 4 is 40.7 Å². The molecule has 4 N–H and O–H groups in total. The predicted molar refractivity (Wildman–Crippen MR) is 114 cm³/mol. The zero-order valence-corrected chi connectivity index (χ0v) is 17.4. The van der Waals surface area contributed by atoms with Crippen LogP contribution in [0.25, 0.3) is 10.9 Å². The minimum Gasteiger partial charge on any atom is -0.477 e. The van der Waals surface area contributed by atoms with Gasteiger partial charge in [-0.05, 0) is 38.3 Å². The highest BCUT2D eigenvalue weighted by molar-refractivity contribution is 5.99. The van der Waals surface area contributed by atoms with Crippen LogP contribution >= 0.6 is 12.4 Å². The number of carbonyl (C=O) groups is 1. The van der Waals surface area contributed by atoms with Gasteiger partial charge in [0.1, 0.15) is 11.3 Å². The third kappa shape index (κ3) is 3.60. The molecule has 1 unspecified atom stereocenters. The van der Waals surface area contributed by atoms with Crippen molar-refractivity contribution in [1.29, 1.82) is 0 Å². The van der Waals surface area contributed by atoms with Gasteiger partial charge in [0, 0.05) is 25.3 Å². The topological polar surface area (TPSA) is 101 Å². The number of nitrogens with one attached hydrogen (secondary N) is 1. The summed E-state index contributed by atoms with van der Waals surface area (Å²) in [5, 5.41) is 12.2. The molecule has 1 saturated carbocycles. The van der Waals surface area contributed by atoms with Crippen LogP contribution < -0.4 is 21.4 Å². The van der Waals surface area contributed by atoms with Gasteiger partial charge in [-0.3, -0.25) is 4.79 Å². The largest absolute Gasteiger partial charge is 0.477 e. The molecule has 0 radical (unpaired) electrons. The summed E-state index contributed by atoms with van der Waals surface area (Å²) >= 11 is 0. The van der Waals surface area contributed by atoms with E-state index in [2.05, 4.69) is 5.32 Å². The molecule has 7 nitrogen and oxygen atoms in total. The van der Waals surface area contributed by atoms with E-state index in [4.69, 9.17) is 5.73 Å². The van der Waals surface area contributed by atoms with Crippen molar-refractivity contribution in [3.05, 3.63) is 33.6 Å². The Morgan fingerprint density at radius 2 is 2.00 bits per heavy atom. The Morgan fingerprint density at radius 3 is 2.60 bits per heavy atom. The number of anilines is 2. The second-order valence-corrected chi connectivity index (χ2v) is 7.84. The van der Waals surface area contributed by atoms with E-state index in [0.717, 1.165) is 38.5 Å². The van der Waals surface area contributed by atoms with E-state index < -0.39 is 34.3 Å². The van der Waals surface area contributed by atoms with Crippen LogP contribution in [0.15, 0.2) is 11.0 Å². The number of nitrogen functional groups attached to an aromatic ring is 1. The molecule has 10 heteroatoms. The van der Waals surface area contributed by atoms with Gasteiger partial charge in [-0.1, -0.05) is 6.92 Å². The highest BCUT2D eigenvalue weighted by atomic mass is 35.5. The average molecular weight is 443 g/mol.